The van der Waals surface area contributed by atoms with Crippen LogP contribution in [0.4, 0.5) is 0 Å². The molecular weight excluding hydrogens is 1030 g/mol. The van der Waals surface area contributed by atoms with Crippen molar-refractivity contribution in [2.45, 2.75) is 437 Å². The number of nitrogens with one attached hydrogen (secondary N) is 1. The number of carbonyl (C=O) groups excluding carboxylic acids is 2. The minimum absolute atomic E-state index is 0.0151. The maximum Gasteiger partial charge on any atom is 0.305 e. The van der Waals surface area contributed by atoms with Gasteiger partial charge in [-0.1, -0.05) is 365 Å². The van der Waals surface area contributed by atoms with Gasteiger partial charge in [-0.05, 0) is 83.5 Å². The molecule has 0 aliphatic rings. The Balaban J connectivity index is 3.30. The van der Waals surface area contributed by atoms with Gasteiger partial charge in [0.2, 0.25) is 5.91 Å². The average molecular weight is 1180 g/mol. The summed E-state index contributed by atoms with van der Waals surface area (Å²) >= 11 is 0. The summed E-state index contributed by atoms with van der Waals surface area (Å²) in [6, 6.07) is -0.536. The summed E-state index contributed by atoms with van der Waals surface area (Å²) in [4.78, 5) is 24.6. The van der Waals surface area contributed by atoms with Gasteiger partial charge in [0.15, 0.2) is 0 Å². The van der Waals surface area contributed by atoms with E-state index in [4.69, 9.17) is 4.74 Å². The van der Waals surface area contributed by atoms with Crippen LogP contribution < -0.4 is 5.32 Å². The van der Waals surface area contributed by atoms with Crippen molar-refractivity contribution in [2.75, 3.05) is 13.2 Å². The van der Waals surface area contributed by atoms with Crippen molar-refractivity contribution < 1.29 is 24.5 Å². The number of ether oxygens (including phenoxy) is 1. The van der Waals surface area contributed by atoms with Gasteiger partial charge in [-0.25, -0.2) is 0 Å². The number of carbonyl (C=O) groups is 2. The normalized spacial score (nSPS) is 12.7. The molecular formula is C78H149NO5. The number of amides is 1. The molecule has 0 saturated carbocycles. The Morgan fingerprint density at radius 2 is 0.595 bits per heavy atom. The molecule has 0 aliphatic carbocycles. The summed E-state index contributed by atoms with van der Waals surface area (Å²) in [5.74, 6) is -0.0145. The van der Waals surface area contributed by atoms with Gasteiger partial charge in [0, 0.05) is 12.8 Å². The number of hydrogen-bond donors (Lipinski definition) is 3. The first-order valence-corrected chi connectivity index (χ1v) is 38.2. The highest BCUT2D eigenvalue weighted by Gasteiger charge is 2.20. The van der Waals surface area contributed by atoms with Gasteiger partial charge >= 0.3 is 5.97 Å². The Bertz CT molecular complexity index is 1360. The summed E-state index contributed by atoms with van der Waals surface area (Å²) in [6.45, 7) is 4.95. The molecule has 0 aromatic rings. The predicted molar refractivity (Wildman–Crippen MR) is 370 cm³/mol. The fourth-order valence-corrected chi connectivity index (χ4v) is 12.1. The Hall–Kier alpha value is -1.92. The fraction of sp³-hybridized carbons (Fsp3) is 0.897. The van der Waals surface area contributed by atoms with E-state index >= 15 is 0 Å². The van der Waals surface area contributed by atoms with Crippen molar-refractivity contribution >= 4 is 11.9 Å². The molecule has 3 N–H and O–H groups in total. The Morgan fingerprint density at radius 1 is 0.333 bits per heavy atom. The molecule has 6 nitrogen and oxygen atoms in total. The van der Waals surface area contributed by atoms with Crippen molar-refractivity contribution in [1.29, 1.82) is 0 Å². The summed E-state index contributed by atoms with van der Waals surface area (Å²) in [6.07, 6.45) is 95.3. The topological polar surface area (TPSA) is 95.9 Å². The van der Waals surface area contributed by atoms with Crippen LogP contribution in [0.1, 0.15) is 425 Å². The van der Waals surface area contributed by atoms with Crippen molar-refractivity contribution in [3.05, 3.63) is 36.5 Å². The molecule has 0 aliphatic heterocycles. The number of esters is 1. The molecule has 0 bridgehead atoms. The lowest BCUT2D eigenvalue weighted by Gasteiger charge is -2.22. The lowest BCUT2D eigenvalue weighted by Crippen LogP contribution is -2.45. The van der Waals surface area contributed by atoms with Crippen LogP contribution in [0.5, 0.6) is 0 Å². The molecule has 2 unspecified atom stereocenters. The standard InChI is InChI=1S/C78H149NO5/c1-3-5-7-9-11-13-15-16-17-41-45-48-52-56-60-64-68-72-78(83)84-73-69-65-61-57-53-49-46-43-40-38-36-34-32-30-28-26-24-22-20-18-19-21-23-25-27-29-31-33-35-37-39-42-44-47-51-55-59-63-67-71-77(82)79-75(74-80)76(81)70-66-62-58-54-50-14-12-10-8-6-4-2/h11,13,16-19,75-76,80-81H,3-10,12,14-15,20-74H2,1-2H3,(H,79,82)/b13-11-,17-16-,19-18-. The summed E-state index contributed by atoms with van der Waals surface area (Å²) < 4.78 is 5.51. The SMILES string of the molecule is CCCCC/C=C\C/C=C\CCCCCCCCCC(=O)OCCCCCCCCCCCCCCCCCCCC/C=C\CCCCCCCCCCCCCCCCCCCC(=O)NC(CO)C(O)CCCCCCCCCCCCC. The second-order valence-corrected chi connectivity index (χ2v) is 26.3. The van der Waals surface area contributed by atoms with E-state index in [-0.39, 0.29) is 18.5 Å². The quantitative estimate of drug-likeness (QED) is 0.0320. The van der Waals surface area contributed by atoms with Gasteiger partial charge in [0.25, 0.3) is 0 Å². The second-order valence-electron chi connectivity index (χ2n) is 26.3. The minimum Gasteiger partial charge on any atom is -0.466 e. The van der Waals surface area contributed by atoms with E-state index in [0.29, 0.717) is 25.9 Å². The molecule has 1 amide bonds. The van der Waals surface area contributed by atoms with E-state index < -0.39 is 12.1 Å². The highest BCUT2D eigenvalue weighted by atomic mass is 16.5. The van der Waals surface area contributed by atoms with E-state index in [1.54, 1.807) is 0 Å². The smallest absolute Gasteiger partial charge is 0.305 e. The highest BCUT2D eigenvalue weighted by Crippen LogP contribution is 2.19. The van der Waals surface area contributed by atoms with Gasteiger partial charge in [-0.3, -0.25) is 9.59 Å². The first kappa shape index (κ1) is 82.1. The van der Waals surface area contributed by atoms with Crippen LogP contribution in [-0.2, 0) is 14.3 Å². The van der Waals surface area contributed by atoms with Crippen molar-refractivity contribution in [1.82, 2.24) is 5.32 Å². The molecule has 6 heteroatoms. The molecule has 2 atom stereocenters. The van der Waals surface area contributed by atoms with Crippen LogP contribution >= 0.6 is 0 Å². The van der Waals surface area contributed by atoms with Crippen LogP contribution in [0.3, 0.4) is 0 Å². The third-order valence-electron chi connectivity index (χ3n) is 17.9. The Morgan fingerprint density at radius 3 is 0.940 bits per heavy atom. The molecule has 84 heavy (non-hydrogen) atoms. The molecule has 496 valence electrons. The molecule has 0 radical (unpaired) electrons. The van der Waals surface area contributed by atoms with Crippen LogP contribution in [0.15, 0.2) is 36.5 Å². The zero-order valence-electron chi connectivity index (χ0n) is 56.9. The van der Waals surface area contributed by atoms with Gasteiger partial charge < -0.3 is 20.3 Å². The van der Waals surface area contributed by atoms with E-state index in [1.807, 2.05) is 0 Å². The first-order chi connectivity index (χ1) is 41.5. The summed E-state index contributed by atoms with van der Waals surface area (Å²) in [7, 11) is 0. The van der Waals surface area contributed by atoms with E-state index in [9.17, 15) is 19.8 Å². The minimum atomic E-state index is -0.659. The highest BCUT2D eigenvalue weighted by molar-refractivity contribution is 5.76. The van der Waals surface area contributed by atoms with E-state index in [1.165, 1.54) is 340 Å². The summed E-state index contributed by atoms with van der Waals surface area (Å²) in [5.41, 5.74) is 0. The zero-order valence-corrected chi connectivity index (χ0v) is 56.9. The molecule has 0 saturated heterocycles. The Kier molecular flexibility index (Phi) is 71.9. The third kappa shape index (κ3) is 69.2. The maximum atomic E-state index is 12.5. The number of hydrogen-bond acceptors (Lipinski definition) is 5. The average Bonchev–Trinajstić information content (AvgIpc) is 3.53. The van der Waals surface area contributed by atoms with Gasteiger partial charge in [-0.15, -0.1) is 0 Å². The van der Waals surface area contributed by atoms with Gasteiger partial charge in [-0.2, -0.15) is 0 Å². The number of unbranched alkanes of at least 4 members (excludes halogenated alkanes) is 55. The van der Waals surface area contributed by atoms with E-state index in [0.717, 1.165) is 51.4 Å². The molecule has 0 aromatic carbocycles. The van der Waals surface area contributed by atoms with Crippen LogP contribution in [0, 0.1) is 0 Å². The summed E-state index contributed by atoms with van der Waals surface area (Å²) in [5, 5.41) is 23.2. The molecule has 0 fully saturated rings. The lowest BCUT2D eigenvalue weighted by molar-refractivity contribution is -0.143. The molecule has 0 spiro atoms. The fourth-order valence-electron chi connectivity index (χ4n) is 12.1. The van der Waals surface area contributed by atoms with Gasteiger partial charge in [0.05, 0.1) is 25.4 Å². The lowest BCUT2D eigenvalue weighted by atomic mass is 10.0. The molecule has 0 aromatic heterocycles. The number of allylic oxidation sites excluding steroid dienone is 6. The second kappa shape index (κ2) is 73.5. The predicted octanol–water partition coefficient (Wildman–Crippen LogP) is 25.0. The first-order valence-electron chi connectivity index (χ1n) is 38.2. The van der Waals surface area contributed by atoms with E-state index in [2.05, 4.69) is 55.6 Å². The third-order valence-corrected chi connectivity index (χ3v) is 17.9. The van der Waals surface area contributed by atoms with Crippen LogP contribution in [-0.4, -0.2) is 47.4 Å². The zero-order chi connectivity index (χ0) is 60.6. The monoisotopic (exact) mass is 1180 g/mol. The largest absolute Gasteiger partial charge is 0.466 e. The van der Waals surface area contributed by atoms with Crippen LogP contribution in [0.25, 0.3) is 0 Å². The molecule has 0 heterocycles. The van der Waals surface area contributed by atoms with Crippen molar-refractivity contribution in [2.24, 2.45) is 0 Å². The Labute approximate surface area is 525 Å². The van der Waals surface area contributed by atoms with Crippen LogP contribution in [0.2, 0.25) is 0 Å². The maximum absolute atomic E-state index is 12.5. The number of aliphatic hydroxyl groups excluding tert-OH is 2. The van der Waals surface area contributed by atoms with Crippen molar-refractivity contribution in [3.8, 4) is 0 Å². The number of aliphatic hydroxyl groups is 2. The van der Waals surface area contributed by atoms with Crippen molar-refractivity contribution in [3.63, 3.8) is 0 Å². The van der Waals surface area contributed by atoms with Gasteiger partial charge in [0.1, 0.15) is 0 Å². The number of rotatable bonds is 72. The molecule has 0 rings (SSSR count).